The average Bonchev–Trinajstić information content (AvgIpc) is 2.77. The van der Waals surface area contributed by atoms with E-state index in [9.17, 15) is 9.59 Å². The summed E-state index contributed by atoms with van der Waals surface area (Å²) in [6.45, 7) is 4.55. The van der Waals surface area contributed by atoms with Crippen LogP contribution in [0.1, 0.15) is 41.3 Å². The van der Waals surface area contributed by atoms with Crippen LogP contribution in [0.5, 0.6) is 0 Å². The number of nitrogens with zero attached hydrogens (tertiary/aromatic N) is 1. The van der Waals surface area contributed by atoms with Gasteiger partial charge in [0.2, 0.25) is 0 Å². The Hall–Kier alpha value is -1.63. The standard InChI is InChI=1S/C15H23N3O3S/c1-9-13(22-10(2)17-9)7-8-16-15(21)18-12-5-3-11(4-6-12)14(19)20/h11-12H,3-8H2,1-2H3,(H,19,20)(H2,16,18,21). The number of hydrogen-bond acceptors (Lipinski definition) is 4. The Bertz CT molecular complexity index is 536. The SMILES string of the molecule is Cc1nc(C)c(CCNC(=O)NC2CCC(C(=O)O)CC2)s1. The van der Waals surface area contributed by atoms with E-state index in [4.69, 9.17) is 5.11 Å². The van der Waals surface area contributed by atoms with Crippen molar-refractivity contribution in [2.45, 2.75) is 52.0 Å². The second-order valence-electron chi connectivity index (χ2n) is 5.78. The molecular formula is C15H23N3O3S. The molecule has 0 saturated heterocycles. The van der Waals surface area contributed by atoms with E-state index in [1.165, 1.54) is 4.88 Å². The third kappa shape index (κ3) is 4.69. The third-order valence-electron chi connectivity index (χ3n) is 4.05. The number of carboxylic acids is 1. The third-order valence-corrected chi connectivity index (χ3v) is 5.18. The zero-order chi connectivity index (χ0) is 16.1. The highest BCUT2D eigenvalue weighted by Gasteiger charge is 2.26. The van der Waals surface area contributed by atoms with Crippen LogP contribution in [-0.4, -0.2) is 34.7 Å². The maximum absolute atomic E-state index is 11.9. The van der Waals surface area contributed by atoms with Gasteiger partial charge in [-0.05, 0) is 39.5 Å². The van der Waals surface area contributed by atoms with E-state index in [1.54, 1.807) is 11.3 Å². The Kier molecular flexibility index (Phi) is 5.76. The smallest absolute Gasteiger partial charge is 0.315 e. The van der Waals surface area contributed by atoms with Gasteiger partial charge in [-0.25, -0.2) is 9.78 Å². The number of urea groups is 1. The average molecular weight is 325 g/mol. The summed E-state index contributed by atoms with van der Waals surface area (Å²) < 4.78 is 0. The molecule has 1 aliphatic carbocycles. The number of aliphatic carboxylic acids is 1. The zero-order valence-electron chi connectivity index (χ0n) is 13.0. The first-order valence-electron chi connectivity index (χ1n) is 7.65. The highest BCUT2D eigenvalue weighted by Crippen LogP contribution is 2.24. The normalized spacial score (nSPS) is 21.4. The molecule has 2 rings (SSSR count). The summed E-state index contributed by atoms with van der Waals surface area (Å²) in [4.78, 5) is 28.3. The van der Waals surface area contributed by atoms with Crippen molar-refractivity contribution in [3.05, 3.63) is 15.6 Å². The van der Waals surface area contributed by atoms with E-state index in [0.717, 1.165) is 30.0 Å². The largest absolute Gasteiger partial charge is 0.481 e. The van der Waals surface area contributed by atoms with Gasteiger partial charge in [0, 0.05) is 23.9 Å². The van der Waals surface area contributed by atoms with Crippen molar-refractivity contribution in [1.29, 1.82) is 0 Å². The molecule has 0 aromatic carbocycles. The minimum absolute atomic E-state index is 0.0861. The number of carbonyl (C=O) groups excluding carboxylic acids is 1. The van der Waals surface area contributed by atoms with Gasteiger partial charge < -0.3 is 15.7 Å². The van der Waals surface area contributed by atoms with Gasteiger partial charge in [-0.3, -0.25) is 4.79 Å². The molecule has 3 N–H and O–H groups in total. The van der Waals surface area contributed by atoms with Gasteiger partial charge in [0.25, 0.3) is 0 Å². The number of amides is 2. The van der Waals surface area contributed by atoms with Crippen LogP contribution in [0.25, 0.3) is 0 Å². The molecule has 1 heterocycles. The number of aromatic nitrogens is 1. The van der Waals surface area contributed by atoms with Crippen molar-refractivity contribution in [2.24, 2.45) is 5.92 Å². The first-order valence-corrected chi connectivity index (χ1v) is 8.47. The first kappa shape index (κ1) is 16.7. The summed E-state index contributed by atoms with van der Waals surface area (Å²) in [6.07, 6.45) is 3.53. The summed E-state index contributed by atoms with van der Waals surface area (Å²) in [5, 5.41) is 15.8. The number of rotatable bonds is 5. The van der Waals surface area contributed by atoms with E-state index in [1.807, 2.05) is 13.8 Å². The fourth-order valence-electron chi connectivity index (χ4n) is 2.82. The van der Waals surface area contributed by atoms with Crippen LogP contribution in [0.4, 0.5) is 4.79 Å². The molecule has 7 heteroatoms. The molecule has 1 aromatic rings. The summed E-state index contributed by atoms with van der Waals surface area (Å²) in [5.74, 6) is -0.975. The van der Waals surface area contributed by atoms with E-state index >= 15 is 0 Å². The summed E-state index contributed by atoms with van der Waals surface area (Å²) in [7, 11) is 0. The van der Waals surface area contributed by atoms with Crippen LogP contribution in [0.15, 0.2) is 0 Å². The molecule has 0 unspecified atom stereocenters. The molecule has 1 fully saturated rings. The molecule has 6 nitrogen and oxygen atoms in total. The minimum Gasteiger partial charge on any atom is -0.481 e. The highest BCUT2D eigenvalue weighted by molar-refractivity contribution is 7.11. The van der Waals surface area contributed by atoms with E-state index in [2.05, 4.69) is 15.6 Å². The Balaban J connectivity index is 1.66. The molecule has 0 bridgehead atoms. The lowest BCUT2D eigenvalue weighted by molar-refractivity contribution is -0.142. The Morgan fingerprint density at radius 2 is 1.95 bits per heavy atom. The molecule has 0 atom stereocenters. The van der Waals surface area contributed by atoms with Gasteiger partial charge in [0.05, 0.1) is 16.6 Å². The maximum Gasteiger partial charge on any atom is 0.315 e. The highest BCUT2D eigenvalue weighted by atomic mass is 32.1. The van der Waals surface area contributed by atoms with Crippen LogP contribution in [0.3, 0.4) is 0 Å². The Morgan fingerprint density at radius 1 is 1.27 bits per heavy atom. The number of nitrogens with one attached hydrogen (secondary N) is 2. The lowest BCUT2D eigenvalue weighted by Gasteiger charge is -2.26. The molecule has 1 saturated carbocycles. The predicted octanol–water partition coefficient (Wildman–Crippen LogP) is 2.25. The van der Waals surface area contributed by atoms with Crippen LogP contribution in [-0.2, 0) is 11.2 Å². The topological polar surface area (TPSA) is 91.3 Å². The first-order chi connectivity index (χ1) is 10.5. The molecule has 1 aliphatic rings. The fourth-order valence-corrected chi connectivity index (χ4v) is 3.75. The maximum atomic E-state index is 11.9. The van der Waals surface area contributed by atoms with Gasteiger partial charge >= 0.3 is 12.0 Å². The van der Waals surface area contributed by atoms with Crippen molar-refractivity contribution in [3.63, 3.8) is 0 Å². The van der Waals surface area contributed by atoms with Gasteiger partial charge in [-0.1, -0.05) is 0 Å². The van der Waals surface area contributed by atoms with Gasteiger partial charge in [-0.15, -0.1) is 11.3 Å². The lowest BCUT2D eigenvalue weighted by atomic mass is 9.86. The number of aryl methyl sites for hydroxylation is 2. The molecular weight excluding hydrogens is 302 g/mol. The van der Waals surface area contributed by atoms with Crippen molar-refractivity contribution < 1.29 is 14.7 Å². The lowest BCUT2D eigenvalue weighted by Crippen LogP contribution is -2.44. The van der Waals surface area contributed by atoms with Crippen LogP contribution in [0, 0.1) is 19.8 Å². The Labute approximate surface area is 134 Å². The monoisotopic (exact) mass is 325 g/mol. The second kappa shape index (κ2) is 7.58. The zero-order valence-corrected chi connectivity index (χ0v) is 13.8. The van der Waals surface area contributed by atoms with Crippen molar-refractivity contribution in [1.82, 2.24) is 15.6 Å². The van der Waals surface area contributed by atoms with Crippen molar-refractivity contribution in [3.8, 4) is 0 Å². The van der Waals surface area contributed by atoms with Crippen molar-refractivity contribution >= 4 is 23.3 Å². The molecule has 1 aromatic heterocycles. The van der Waals surface area contributed by atoms with Crippen LogP contribution < -0.4 is 10.6 Å². The predicted molar refractivity (Wildman–Crippen MR) is 85.2 cm³/mol. The minimum atomic E-state index is -0.724. The number of carbonyl (C=O) groups is 2. The molecule has 0 aliphatic heterocycles. The molecule has 2 amide bonds. The second-order valence-corrected chi connectivity index (χ2v) is 7.07. The summed E-state index contributed by atoms with van der Waals surface area (Å²) >= 11 is 1.67. The summed E-state index contributed by atoms with van der Waals surface area (Å²) in [6, 6.07) is -0.0827. The summed E-state index contributed by atoms with van der Waals surface area (Å²) in [5.41, 5.74) is 1.04. The number of hydrogen-bond donors (Lipinski definition) is 3. The molecule has 0 spiro atoms. The van der Waals surface area contributed by atoms with Crippen LogP contribution in [0.2, 0.25) is 0 Å². The molecule has 122 valence electrons. The number of thiazole rings is 1. The van der Waals surface area contributed by atoms with Gasteiger partial charge in [0.1, 0.15) is 0 Å². The van der Waals surface area contributed by atoms with E-state index in [0.29, 0.717) is 19.4 Å². The van der Waals surface area contributed by atoms with Gasteiger partial charge in [-0.2, -0.15) is 0 Å². The van der Waals surface area contributed by atoms with E-state index in [-0.39, 0.29) is 18.0 Å². The quantitative estimate of drug-likeness (QED) is 0.774. The Morgan fingerprint density at radius 3 is 2.50 bits per heavy atom. The van der Waals surface area contributed by atoms with Crippen molar-refractivity contribution in [2.75, 3.05) is 6.54 Å². The molecule has 22 heavy (non-hydrogen) atoms. The number of carboxylic acid groups (broad SMARTS) is 1. The fraction of sp³-hybridized carbons (Fsp3) is 0.667. The molecule has 0 radical (unpaired) electrons. The van der Waals surface area contributed by atoms with Crippen LogP contribution >= 0.6 is 11.3 Å². The van der Waals surface area contributed by atoms with Gasteiger partial charge in [0.15, 0.2) is 0 Å². The van der Waals surface area contributed by atoms with E-state index < -0.39 is 5.97 Å².